The minimum Gasteiger partial charge on any atom is -0.495 e. The molecule has 1 aliphatic heterocycles. The molecule has 2 aromatic carbocycles. The molecule has 11 heteroatoms. The molecule has 4 rings (SSSR count). The van der Waals surface area contributed by atoms with E-state index < -0.39 is 15.3 Å². The van der Waals surface area contributed by atoms with E-state index in [1.165, 1.54) is 28.2 Å². The summed E-state index contributed by atoms with van der Waals surface area (Å²) in [5.74, 6) is 0.435. The van der Waals surface area contributed by atoms with E-state index in [1.54, 1.807) is 37.1 Å². The van der Waals surface area contributed by atoms with Crippen molar-refractivity contribution in [2.45, 2.75) is 35.1 Å². The first-order valence-electron chi connectivity index (χ1n) is 10.5. The monoisotopic (exact) mass is 487 g/mol. The second-order valence-corrected chi connectivity index (χ2v) is 10.8. The quantitative estimate of drug-likeness (QED) is 0.486. The number of amides is 1. The number of nitrogens with zero attached hydrogens (tertiary/aromatic N) is 4. The van der Waals surface area contributed by atoms with Crippen LogP contribution < -0.4 is 10.1 Å². The molecule has 0 radical (unpaired) electrons. The maximum Gasteiger partial charge on any atom is 0.243 e. The number of anilines is 1. The Bertz CT molecular complexity index is 1220. The predicted octanol–water partition coefficient (Wildman–Crippen LogP) is 3.18. The van der Waals surface area contributed by atoms with Gasteiger partial charge < -0.3 is 10.1 Å². The van der Waals surface area contributed by atoms with Gasteiger partial charge in [0.05, 0.1) is 22.9 Å². The van der Waals surface area contributed by atoms with Crippen molar-refractivity contribution < 1.29 is 17.9 Å². The van der Waals surface area contributed by atoms with Gasteiger partial charge in [-0.15, -0.1) is 10.2 Å². The highest BCUT2D eigenvalue weighted by molar-refractivity contribution is 8.00. The van der Waals surface area contributed by atoms with Crippen molar-refractivity contribution in [3.8, 4) is 11.4 Å². The zero-order valence-corrected chi connectivity index (χ0v) is 20.0. The smallest absolute Gasteiger partial charge is 0.243 e. The number of benzene rings is 2. The second-order valence-electron chi connectivity index (χ2n) is 7.54. The van der Waals surface area contributed by atoms with Crippen LogP contribution in [0.5, 0.6) is 5.75 Å². The Morgan fingerprint density at radius 2 is 1.82 bits per heavy atom. The Hall–Kier alpha value is -2.89. The average Bonchev–Trinajstić information content (AvgIpc) is 3.52. The first-order valence-corrected chi connectivity index (χ1v) is 12.8. The molecule has 0 spiro atoms. The van der Waals surface area contributed by atoms with E-state index in [-0.39, 0.29) is 10.8 Å². The number of rotatable bonds is 8. The molecule has 0 saturated carbocycles. The molecule has 1 N–H and O–H groups in total. The summed E-state index contributed by atoms with van der Waals surface area (Å²) in [6, 6.07) is 13.7. The van der Waals surface area contributed by atoms with Crippen molar-refractivity contribution in [1.82, 2.24) is 19.1 Å². The molecule has 1 aromatic heterocycles. The molecule has 1 fully saturated rings. The molecule has 174 valence electrons. The lowest BCUT2D eigenvalue weighted by Gasteiger charge is -2.16. The molecular weight excluding hydrogens is 462 g/mol. The molecule has 1 atom stereocenters. The second kappa shape index (κ2) is 9.94. The van der Waals surface area contributed by atoms with Crippen LogP contribution in [-0.2, 0) is 14.8 Å². The lowest BCUT2D eigenvalue weighted by molar-refractivity contribution is -0.115. The van der Waals surface area contributed by atoms with Gasteiger partial charge in [0.2, 0.25) is 15.9 Å². The highest BCUT2D eigenvalue weighted by Gasteiger charge is 2.27. The number of methoxy groups -OCH3 is 1. The van der Waals surface area contributed by atoms with Gasteiger partial charge in [0.15, 0.2) is 5.16 Å². The van der Waals surface area contributed by atoms with Crippen LogP contribution in [0.3, 0.4) is 0 Å². The van der Waals surface area contributed by atoms with E-state index in [4.69, 9.17) is 4.74 Å². The molecule has 1 unspecified atom stereocenters. The maximum atomic E-state index is 12.8. The molecule has 9 nitrogen and oxygen atoms in total. The van der Waals surface area contributed by atoms with Gasteiger partial charge >= 0.3 is 0 Å². The van der Waals surface area contributed by atoms with Crippen molar-refractivity contribution in [1.29, 1.82) is 0 Å². The third kappa shape index (κ3) is 5.05. The van der Waals surface area contributed by atoms with Crippen molar-refractivity contribution >= 4 is 33.4 Å². The fourth-order valence-electron chi connectivity index (χ4n) is 3.54. The topological polar surface area (TPSA) is 106 Å². The Morgan fingerprint density at radius 3 is 2.52 bits per heavy atom. The summed E-state index contributed by atoms with van der Waals surface area (Å²) in [5, 5.41) is 11.0. The number of para-hydroxylation sites is 2. The fraction of sp³-hybridized carbons (Fsp3) is 0.318. The Balaban J connectivity index is 1.42. The highest BCUT2D eigenvalue weighted by atomic mass is 32.2. The Morgan fingerprint density at radius 1 is 1.12 bits per heavy atom. The number of carbonyl (C=O) groups excluding carboxylic acids is 1. The van der Waals surface area contributed by atoms with E-state index in [1.807, 2.05) is 24.3 Å². The van der Waals surface area contributed by atoms with Crippen LogP contribution in [0.2, 0.25) is 0 Å². The van der Waals surface area contributed by atoms with E-state index in [9.17, 15) is 13.2 Å². The molecular formula is C22H25N5O4S2. The van der Waals surface area contributed by atoms with Crippen molar-refractivity contribution in [3.63, 3.8) is 0 Å². The van der Waals surface area contributed by atoms with Gasteiger partial charge in [0.25, 0.3) is 0 Å². The largest absolute Gasteiger partial charge is 0.495 e. The van der Waals surface area contributed by atoms with Gasteiger partial charge in [0, 0.05) is 18.8 Å². The van der Waals surface area contributed by atoms with Crippen LogP contribution in [-0.4, -0.2) is 58.8 Å². The van der Waals surface area contributed by atoms with Gasteiger partial charge in [-0.05, 0) is 56.2 Å². The summed E-state index contributed by atoms with van der Waals surface area (Å²) in [6.07, 6.45) is 3.34. The lowest BCUT2D eigenvalue weighted by Crippen LogP contribution is -2.27. The van der Waals surface area contributed by atoms with Gasteiger partial charge in [-0.1, -0.05) is 23.9 Å². The SMILES string of the molecule is COc1ccccc1-n1cnnc1SC(C)C(=O)Nc1ccc(S(=O)(=O)N2CCCC2)cc1. The Labute approximate surface area is 197 Å². The van der Waals surface area contributed by atoms with Crippen molar-refractivity contribution in [2.75, 3.05) is 25.5 Å². The van der Waals surface area contributed by atoms with E-state index in [0.29, 0.717) is 29.7 Å². The molecule has 1 aliphatic rings. The number of thioether (sulfide) groups is 1. The van der Waals surface area contributed by atoms with E-state index >= 15 is 0 Å². The number of ether oxygens (including phenoxy) is 1. The number of hydrogen-bond acceptors (Lipinski definition) is 7. The van der Waals surface area contributed by atoms with Gasteiger partial charge in [-0.3, -0.25) is 9.36 Å². The Kier molecular flexibility index (Phi) is 7.01. The van der Waals surface area contributed by atoms with Gasteiger partial charge in [-0.2, -0.15) is 4.31 Å². The molecule has 2 heterocycles. The molecule has 1 amide bonds. The summed E-state index contributed by atoms with van der Waals surface area (Å²) in [7, 11) is -1.89. The maximum absolute atomic E-state index is 12.8. The predicted molar refractivity (Wildman–Crippen MR) is 126 cm³/mol. The first kappa shape index (κ1) is 23.3. The van der Waals surface area contributed by atoms with Crippen molar-refractivity contribution in [2.24, 2.45) is 0 Å². The van der Waals surface area contributed by atoms with Crippen LogP contribution in [0.4, 0.5) is 5.69 Å². The summed E-state index contributed by atoms with van der Waals surface area (Å²) in [4.78, 5) is 13.0. The molecule has 0 bridgehead atoms. The minimum absolute atomic E-state index is 0.231. The summed E-state index contributed by atoms with van der Waals surface area (Å²) in [6.45, 7) is 2.87. The van der Waals surface area contributed by atoms with E-state index in [2.05, 4.69) is 15.5 Å². The molecule has 33 heavy (non-hydrogen) atoms. The van der Waals surface area contributed by atoms with Gasteiger partial charge in [0.1, 0.15) is 12.1 Å². The number of carbonyl (C=O) groups is 1. The average molecular weight is 488 g/mol. The van der Waals surface area contributed by atoms with Crippen LogP contribution in [0.1, 0.15) is 19.8 Å². The highest BCUT2D eigenvalue weighted by Crippen LogP contribution is 2.29. The van der Waals surface area contributed by atoms with Crippen LogP contribution >= 0.6 is 11.8 Å². The molecule has 0 aliphatic carbocycles. The molecule has 1 saturated heterocycles. The number of nitrogens with one attached hydrogen (secondary N) is 1. The van der Waals surface area contributed by atoms with Crippen LogP contribution in [0.25, 0.3) is 5.69 Å². The summed E-state index contributed by atoms with van der Waals surface area (Å²) in [5.41, 5.74) is 1.30. The van der Waals surface area contributed by atoms with Crippen LogP contribution in [0, 0.1) is 0 Å². The molecule has 3 aromatic rings. The standard InChI is InChI=1S/C22H25N5O4S2/c1-16(32-22-25-23-15-27(22)19-7-3-4-8-20(19)31-2)21(28)24-17-9-11-18(12-10-17)33(29,30)26-13-5-6-14-26/h3-4,7-12,15-16H,5-6,13-14H2,1-2H3,(H,24,28). The van der Waals surface area contributed by atoms with E-state index in [0.717, 1.165) is 18.5 Å². The number of aromatic nitrogens is 3. The lowest BCUT2D eigenvalue weighted by atomic mass is 10.3. The summed E-state index contributed by atoms with van der Waals surface area (Å²) < 4.78 is 34.0. The zero-order valence-electron chi connectivity index (χ0n) is 18.3. The summed E-state index contributed by atoms with van der Waals surface area (Å²) >= 11 is 1.26. The first-order chi connectivity index (χ1) is 15.9. The number of sulfonamides is 1. The van der Waals surface area contributed by atoms with Gasteiger partial charge in [-0.25, -0.2) is 8.42 Å². The minimum atomic E-state index is -3.48. The normalized spacial score (nSPS) is 15.3. The third-order valence-electron chi connectivity index (χ3n) is 5.34. The number of hydrogen-bond donors (Lipinski definition) is 1. The zero-order chi connectivity index (χ0) is 23.4. The third-order valence-corrected chi connectivity index (χ3v) is 8.31. The van der Waals surface area contributed by atoms with Crippen molar-refractivity contribution in [3.05, 3.63) is 54.9 Å². The fourth-order valence-corrected chi connectivity index (χ4v) is 5.89. The van der Waals surface area contributed by atoms with Crippen LogP contribution in [0.15, 0.2) is 64.9 Å².